The summed E-state index contributed by atoms with van der Waals surface area (Å²) in [5, 5.41) is 9.57. The molecular weight excluding hydrogens is 188 g/mol. The topological polar surface area (TPSA) is 33.1 Å². The van der Waals surface area contributed by atoms with Gasteiger partial charge in [0.15, 0.2) is 0 Å². The fraction of sp³-hybridized carbons (Fsp3) is 0.100. The Hall–Kier alpha value is -1.71. The number of phenolic OH excluding ortho intramolecular Hbond substituents is 1. The zero-order valence-electron chi connectivity index (χ0n) is 7.11. The van der Waals surface area contributed by atoms with Gasteiger partial charge in [0.2, 0.25) is 0 Å². The minimum absolute atomic E-state index is 0.294. The van der Waals surface area contributed by atoms with E-state index < -0.39 is 6.43 Å². The number of aromatic nitrogens is 1. The predicted molar refractivity (Wildman–Crippen MR) is 48.4 cm³/mol. The Balaban J connectivity index is 2.83. The minimum Gasteiger partial charge on any atom is -0.507 e. The van der Waals surface area contributed by atoms with Crippen molar-refractivity contribution in [3.63, 3.8) is 0 Å². The first kappa shape index (κ1) is 8.87. The van der Waals surface area contributed by atoms with Crippen molar-refractivity contribution >= 4 is 10.9 Å². The maximum atomic E-state index is 12.6. The van der Waals surface area contributed by atoms with Gasteiger partial charge in [-0.15, -0.1) is 0 Å². The molecule has 0 aliphatic heterocycles. The van der Waals surface area contributed by atoms with E-state index in [-0.39, 0.29) is 11.3 Å². The molecule has 1 heterocycles. The van der Waals surface area contributed by atoms with Gasteiger partial charge in [0.25, 0.3) is 6.43 Å². The number of pyridine rings is 1. The molecule has 0 aliphatic carbocycles. The van der Waals surface area contributed by atoms with Crippen LogP contribution in [0.2, 0.25) is 0 Å². The number of benzene rings is 1. The molecule has 0 aliphatic rings. The highest BCUT2D eigenvalue weighted by atomic mass is 19.3. The lowest BCUT2D eigenvalue weighted by molar-refractivity contribution is 0.149. The van der Waals surface area contributed by atoms with Crippen LogP contribution in [0.15, 0.2) is 30.5 Å². The maximum absolute atomic E-state index is 12.6. The van der Waals surface area contributed by atoms with Crippen LogP contribution in [-0.4, -0.2) is 10.1 Å². The second kappa shape index (κ2) is 3.21. The molecule has 0 saturated heterocycles. The molecule has 0 radical (unpaired) electrons. The average molecular weight is 195 g/mol. The number of fused-ring (bicyclic) bond motifs is 1. The van der Waals surface area contributed by atoms with E-state index in [1.807, 2.05) is 0 Å². The summed E-state index contributed by atoms with van der Waals surface area (Å²) in [4.78, 5) is 3.92. The van der Waals surface area contributed by atoms with Gasteiger partial charge in [-0.25, -0.2) is 8.78 Å². The summed E-state index contributed by atoms with van der Waals surface area (Å²) >= 11 is 0. The number of rotatable bonds is 1. The molecule has 0 unspecified atom stereocenters. The third-order valence-corrected chi connectivity index (χ3v) is 2.02. The molecule has 2 rings (SSSR count). The van der Waals surface area contributed by atoms with Crippen LogP contribution in [0.3, 0.4) is 0 Å². The van der Waals surface area contributed by atoms with Crippen molar-refractivity contribution in [3.8, 4) is 5.75 Å². The van der Waals surface area contributed by atoms with Crippen molar-refractivity contribution in [1.29, 1.82) is 0 Å². The highest BCUT2D eigenvalue weighted by Gasteiger charge is 2.16. The number of hydrogen-bond donors (Lipinski definition) is 1. The minimum atomic E-state index is -2.69. The van der Waals surface area contributed by atoms with Gasteiger partial charge in [-0.1, -0.05) is 6.07 Å². The fourth-order valence-corrected chi connectivity index (χ4v) is 1.39. The van der Waals surface area contributed by atoms with Gasteiger partial charge in [-0.05, 0) is 18.2 Å². The van der Waals surface area contributed by atoms with Crippen molar-refractivity contribution in [2.45, 2.75) is 6.43 Å². The van der Waals surface area contributed by atoms with Crippen LogP contribution in [0.5, 0.6) is 5.75 Å². The van der Waals surface area contributed by atoms with Gasteiger partial charge in [-0.2, -0.15) is 0 Å². The summed E-state index contributed by atoms with van der Waals surface area (Å²) in [5.41, 5.74) is 0.108. The van der Waals surface area contributed by atoms with Gasteiger partial charge < -0.3 is 5.11 Å². The van der Waals surface area contributed by atoms with Gasteiger partial charge >= 0.3 is 0 Å². The number of aromatic hydroxyl groups is 1. The summed E-state index contributed by atoms with van der Waals surface area (Å²) in [5.74, 6) is -0.388. The largest absolute Gasteiger partial charge is 0.507 e. The van der Waals surface area contributed by atoms with E-state index in [2.05, 4.69) is 4.98 Å². The first-order chi connectivity index (χ1) is 6.70. The molecule has 4 heteroatoms. The summed E-state index contributed by atoms with van der Waals surface area (Å²) in [6, 6.07) is 5.82. The number of phenols is 1. The normalized spacial score (nSPS) is 11.1. The molecule has 1 N–H and O–H groups in total. The summed E-state index contributed by atoms with van der Waals surface area (Å²) in [6.07, 6.45) is -1.17. The molecule has 2 nitrogen and oxygen atoms in total. The molecule has 0 saturated carbocycles. The first-order valence-electron chi connectivity index (χ1n) is 4.05. The molecule has 0 fully saturated rings. The standard InChI is InChI=1S/C10H7F2NO/c11-10(12)9-6-2-1-5-13-7(6)3-4-8(9)14/h1-5,10,14H. The van der Waals surface area contributed by atoms with Crippen LogP contribution in [0.1, 0.15) is 12.0 Å². The van der Waals surface area contributed by atoms with Crippen LogP contribution in [0, 0.1) is 0 Å². The predicted octanol–water partition coefficient (Wildman–Crippen LogP) is 2.88. The maximum Gasteiger partial charge on any atom is 0.268 e. The number of hydrogen-bond acceptors (Lipinski definition) is 2. The van der Waals surface area contributed by atoms with Crippen molar-refractivity contribution < 1.29 is 13.9 Å². The van der Waals surface area contributed by atoms with E-state index in [0.29, 0.717) is 10.9 Å². The molecule has 0 spiro atoms. The highest BCUT2D eigenvalue weighted by molar-refractivity contribution is 5.84. The molecule has 14 heavy (non-hydrogen) atoms. The second-order valence-electron chi connectivity index (χ2n) is 2.87. The molecule has 1 aromatic carbocycles. The van der Waals surface area contributed by atoms with Crippen molar-refractivity contribution in [1.82, 2.24) is 4.98 Å². The molecule has 1 aromatic heterocycles. The van der Waals surface area contributed by atoms with Gasteiger partial charge in [-0.3, -0.25) is 4.98 Å². The van der Waals surface area contributed by atoms with Crippen LogP contribution >= 0.6 is 0 Å². The van der Waals surface area contributed by atoms with Gasteiger partial charge in [0.05, 0.1) is 11.1 Å². The van der Waals surface area contributed by atoms with Crippen LogP contribution in [-0.2, 0) is 0 Å². The molecule has 0 bridgehead atoms. The van der Waals surface area contributed by atoms with E-state index in [9.17, 15) is 13.9 Å². The Morgan fingerprint density at radius 1 is 1.21 bits per heavy atom. The van der Waals surface area contributed by atoms with E-state index in [1.54, 1.807) is 6.07 Å². The van der Waals surface area contributed by atoms with Crippen LogP contribution in [0.25, 0.3) is 10.9 Å². The molecule has 72 valence electrons. The Bertz CT molecular complexity index is 471. The van der Waals surface area contributed by atoms with E-state index >= 15 is 0 Å². The molecule has 2 aromatic rings. The van der Waals surface area contributed by atoms with Crippen molar-refractivity contribution in [2.24, 2.45) is 0 Å². The van der Waals surface area contributed by atoms with Crippen molar-refractivity contribution in [3.05, 3.63) is 36.0 Å². The summed E-state index contributed by atoms with van der Waals surface area (Å²) < 4.78 is 25.1. The SMILES string of the molecule is Oc1ccc2ncccc2c1C(F)F. The first-order valence-corrected chi connectivity index (χ1v) is 4.05. The fourth-order valence-electron chi connectivity index (χ4n) is 1.39. The Labute approximate surface area is 78.8 Å². The quantitative estimate of drug-likeness (QED) is 0.758. The molecule has 0 atom stereocenters. The molecule has 0 amide bonds. The third-order valence-electron chi connectivity index (χ3n) is 2.02. The zero-order chi connectivity index (χ0) is 10.1. The van der Waals surface area contributed by atoms with E-state index in [0.717, 1.165) is 0 Å². The highest BCUT2D eigenvalue weighted by Crippen LogP contribution is 2.33. The van der Waals surface area contributed by atoms with E-state index in [4.69, 9.17) is 0 Å². The third kappa shape index (κ3) is 1.28. The van der Waals surface area contributed by atoms with E-state index in [1.165, 1.54) is 24.4 Å². The lowest BCUT2D eigenvalue weighted by Crippen LogP contribution is -1.89. The summed E-state index contributed by atoms with van der Waals surface area (Å²) in [7, 11) is 0. The smallest absolute Gasteiger partial charge is 0.268 e. The average Bonchev–Trinajstić information content (AvgIpc) is 2.17. The number of alkyl halides is 2. The Kier molecular flexibility index (Phi) is 2.04. The van der Waals surface area contributed by atoms with Crippen molar-refractivity contribution in [2.75, 3.05) is 0 Å². The Morgan fingerprint density at radius 2 is 2.00 bits per heavy atom. The monoisotopic (exact) mass is 195 g/mol. The zero-order valence-corrected chi connectivity index (χ0v) is 7.11. The second-order valence-corrected chi connectivity index (χ2v) is 2.87. The molecular formula is C10H7F2NO. The van der Waals surface area contributed by atoms with Gasteiger partial charge in [0, 0.05) is 11.6 Å². The lowest BCUT2D eigenvalue weighted by atomic mass is 10.1. The number of nitrogens with zero attached hydrogens (tertiary/aromatic N) is 1. The lowest BCUT2D eigenvalue weighted by Gasteiger charge is -2.06. The van der Waals surface area contributed by atoms with Crippen LogP contribution < -0.4 is 0 Å². The number of halogens is 2. The van der Waals surface area contributed by atoms with Crippen LogP contribution in [0.4, 0.5) is 8.78 Å². The summed E-state index contributed by atoms with van der Waals surface area (Å²) in [6.45, 7) is 0. The van der Waals surface area contributed by atoms with Gasteiger partial charge in [0.1, 0.15) is 5.75 Å². The Morgan fingerprint density at radius 3 is 2.71 bits per heavy atom.